The smallest absolute Gasteiger partial charge is 0.335 e. The predicted molar refractivity (Wildman–Crippen MR) is 72.1 cm³/mol. The summed E-state index contributed by atoms with van der Waals surface area (Å²) in [5.74, 6) is -1.95. The number of phenols is 2. The van der Waals surface area contributed by atoms with Gasteiger partial charge in [0, 0.05) is 5.56 Å². The van der Waals surface area contributed by atoms with Crippen molar-refractivity contribution < 1.29 is 20.1 Å². The maximum atomic E-state index is 10.9. The molecule has 0 aliphatic carbocycles. The van der Waals surface area contributed by atoms with Gasteiger partial charge < -0.3 is 15.3 Å². The molecule has 0 aliphatic rings. The second kappa shape index (κ2) is 5.27. The van der Waals surface area contributed by atoms with E-state index in [-0.39, 0.29) is 16.9 Å². The second-order valence-corrected chi connectivity index (χ2v) is 3.98. The number of carboxylic acids is 1. The van der Waals surface area contributed by atoms with Crippen LogP contribution in [0.2, 0.25) is 0 Å². The summed E-state index contributed by atoms with van der Waals surface area (Å²) < 4.78 is 0. The van der Waals surface area contributed by atoms with Crippen LogP contribution in [0.3, 0.4) is 0 Å². The first kappa shape index (κ1) is 12.7. The van der Waals surface area contributed by atoms with Crippen molar-refractivity contribution in [1.29, 1.82) is 0 Å². The normalized spacial score (nSPS) is 10.7. The summed E-state index contributed by atoms with van der Waals surface area (Å²) >= 11 is 0. The quantitative estimate of drug-likeness (QED) is 0.582. The van der Waals surface area contributed by atoms with Crippen molar-refractivity contribution in [2.24, 2.45) is 0 Å². The van der Waals surface area contributed by atoms with Crippen LogP contribution in [-0.4, -0.2) is 21.3 Å². The zero-order valence-corrected chi connectivity index (χ0v) is 9.95. The molecule has 4 heteroatoms. The van der Waals surface area contributed by atoms with Gasteiger partial charge in [0.1, 0.15) is 0 Å². The lowest BCUT2D eigenvalue weighted by molar-refractivity contribution is 0.0696. The molecule has 0 spiro atoms. The van der Waals surface area contributed by atoms with Gasteiger partial charge in [0.15, 0.2) is 11.5 Å². The first-order valence-corrected chi connectivity index (χ1v) is 5.60. The fourth-order valence-corrected chi connectivity index (χ4v) is 1.64. The van der Waals surface area contributed by atoms with Crippen molar-refractivity contribution in [3.8, 4) is 11.5 Å². The highest BCUT2D eigenvalue weighted by Gasteiger charge is 2.11. The Hall–Kier alpha value is -2.75. The van der Waals surface area contributed by atoms with Crippen LogP contribution in [0.15, 0.2) is 42.5 Å². The largest absolute Gasteiger partial charge is 0.504 e. The number of carbonyl (C=O) groups is 1. The maximum absolute atomic E-state index is 10.9. The molecule has 2 rings (SSSR count). The molecule has 2 aromatic rings. The third kappa shape index (κ3) is 2.93. The van der Waals surface area contributed by atoms with Gasteiger partial charge in [0.05, 0.1) is 5.56 Å². The molecule has 0 radical (unpaired) electrons. The van der Waals surface area contributed by atoms with Gasteiger partial charge in [0.25, 0.3) is 0 Å². The molecular weight excluding hydrogens is 244 g/mol. The van der Waals surface area contributed by atoms with Gasteiger partial charge in [-0.15, -0.1) is 0 Å². The Bertz CT molecular complexity index is 630. The summed E-state index contributed by atoms with van der Waals surface area (Å²) in [6.45, 7) is 0. The Labute approximate surface area is 109 Å². The van der Waals surface area contributed by atoms with Crippen molar-refractivity contribution in [3.63, 3.8) is 0 Å². The fraction of sp³-hybridized carbons (Fsp3) is 0. The van der Waals surface area contributed by atoms with Crippen molar-refractivity contribution in [3.05, 3.63) is 59.2 Å². The molecule has 0 bridgehead atoms. The molecule has 0 fully saturated rings. The first-order chi connectivity index (χ1) is 9.08. The van der Waals surface area contributed by atoms with Crippen LogP contribution in [0.4, 0.5) is 0 Å². The zero-order valence-electron chi connectivity index (χ0n) is 9.95. The van der Waals surface area contributed by atoms with Gasteiger partial charge in [-0.1, -0.05) is 42.5 Å². The SMILES string of the molecule is O=C(O)c1cc(O)c(O)c(C=Cc2ccccc2)c1. The lowest BCUT2D eigenvalue weighted by Crippen LogP contribution is -1.96. The monoisotopic (exact) mass is 256 g/mol. The predicted octanol–water partition coefficient (Wildman–Crippen LogP) is 2.97. The zero-order chi connectivity index (χ0) is 13.8. The summed E-state index contributed by atoms with van der Waals surface area (Å²) in [6.07, 6.45) is 3.27. The second-order valence-electron chi connectivity index (χ2n) is 3.98. The lowest BCUT2D eigenvalue weighted by atomic mass is 10.1. The highest BCUT2D eigenvalue weighted by molar-refractivity contribution is 5.90. The standard InChI is InChI=1S/C15H12O4/c16-13-9-12(15(18)19)8-11(14(13)17)7-6-10-4-2-1-3-5-10/h1-9,16-17H,(H,18,19). The van der Waals surface area contributed by atoms with Gasteiger partial charge in [-0.05, 0) is 17.7 Å². The van der Waals surface area contributed by atoms with E-state index in [0.717, 1.165) is 11.6 Å². The van der Waals surface area contributed by atoms with Crippen LogP contribution < -0.4 is 0 Å². The summed E-state index contributed by atoms with van der Waals surface area (Å²) in [5.41, 5.74) is 1.08. The van der Waals surface area contributed by atoms with E-state index in [1.807, 2.05) is 30.3 Å². The Kier molecular flexibility index (Phi) is 3.52. The molecule has 0 aliphatic heterocycles. The van der Waals surface area contributed by atoms with Crippen LogP contribution in [0.5, 0.6) is 11.5 Å². The number of aromatic hydroxyl groups is 2. The molecule has 2 aromatic carbocycles. The Balaban J connectivity index is 2.39. The third-order valence-electron chi connectivity index (χ3n) is 2.62. The Morgan fingerprint density at radius 3 is 2.32 bits per heavy atom. The number of phenolic OH excluding ortho intramolecular Hbond substituents is 2. The molecule has 3 N–H and O–H groups in total. The molecular formula is C15H12O4. The molecule has 96 valence electrons. The number of hydrogen-bond donors (Lipinski definition) is 3. The molecule has 0 saturated heterocycles. The highest BCUT2D eigenvalue weighted by Crippen LogP contribution is 2.31. The molecule has 0 amide bonds. The van der Waals surface area contributed by atoms with Gasteiger partial charge in [0.2, 0.25) is 0 Å². The fourth-order valence-electron chi connectivity index (χ4n) is 1.64. The summed E-state index contributed by atoms with van der Waals surface area (Å²) in [6, 6.07) is 11.7. The van der Waals surface area contributed by atoms with E-state index in [1.165, 1.54) is 6.07 Å². The van der Waals surface area contributed by atoms with Crippen LogP contribution >= 0.6 is 0 Å². The van der Waals surface area contributed by atoms with Crippen LogP contribution in [-0.2, 0) is 0 Å². The molecule has 0 aromatic heterocycles. The Morgan fingerprint density at radius 1 is 1.00 bits per heavy atom. The highest BCUT2D eigenvalue weighted by atomic mass is 16.4. The minimum atomic E-state index is -1.16. The molecule has 0 atom stereocenters. The van der Waals surface area contributed by atoms with Gasteiger partial charge in [-0.2, -0.15) is 0 Å². The summed E-state index contributed by atoms with van der Waals surface area (Å²) in [4.78, 5) is 10.9. The Morgan fingerprint density at radius 2 is 1.68 bits per heavy atom. The van der Waals surface area contributed by atoms with Crippen LogP contribution in [0, 0.1) is 0 Å². The van der Waals surface area contributed by atoms with Gasteiger partial charge in [-0.3, -0.25) is 0 Å². The number of hydrogen-bond acceptors (Lipinski definition) is 3. The first-order valence-electron chi connectivity index (χ1n) is 5.60. The number of carboxylic acid groups (broad SMARTS) is 1. The number of aromatic carboxylic acids is 1. The summed E-state index contributed by atoms with van der Waals surface area (Å²) in [7, 11) is 0. The number of benzene rings is 2. The van der Waals surface area contributed by atoms with E-state index >= 15 is 0 Å². The van der Waals surface area contributed by atoms with Gasteiger partial charge >= 0.3 is 5.97 Å². The van der Waals surface area contributed by atoms with Crippen molar-refractivity contribution in [2.45, 2.75) is 0 Å². The molecule has 0 heterocycles. The molecule has 0 unspecified atom stereocenters. The van der Waals surface area contributed by atoms with Crippen molar-refractivity contribution in [1.82, 2.24) is 0 Å². The van der Waals surface area contributed by atoms with Crippen LogP contribution in [0.25, 0.3) is 12.2 Å². The average Bonchev–Trinajstić information content (AvgIpc) is 2.41. The van der Waals surface area contributed by atoms with E-state index in [0.29, 0.717) is 0 Å². The van der Waals surface area contributed by atoms with E-state index in [9.17, 15) is 15.0 Å². The minimum absolute atomic E-state index is 0.0805. The van der Waals surface area contributed by atoms with Crippen molar-refractivity contribution >= 4 is 18.1 Å². The van der Waals surface area contributed by atoms with E-state index in [4.69, 9.17) is 5.11 Å². The summed E-state index contributed by atoms with van der Waals surface area (Å²) in [5, 5.41) is 28.1. The maximum Gasteiger partial charge on any atom is 0.335 e. The molecule has 4 nitrogen and oxygen atoms in total. The third-order valence-corrected chi connectivity index (χ3v) is 2.62. The van der Waals surface area contributed by atoms with Gasteiger partial charge in [-0.25, -0.2) is 4.79 Å². The minimum Gasteiger partial charge on any atom is -0.504 e. The van der Waals surface area contributed by atoms with E-state index in [2.05, 4.69) is 0 Å². The topological polar surface area (TPSA) is 77.8 Å². The van der Waals surface area contributed by atoms with E-state index < -0.39 is 11.7 Å². The molecule has 19 heavy (non-hydrogen) atoms. The lowest BCUT2D eigenvalue weighted by Gasteiger charge is -2.04. The van der Waals surface area contributed by atoms with Crippen LogP contribution in [0.1, 0.15) is 21.5 Å². The molecule has 0 saturated carbocycles. The van der Waals surface area contributed by atoms with Crippen molar-refractivity contribution in [2.75, 3.05) is 0 Å². The number of rotatable bonds is 3. The van der Waals surface area contributed by atoms with E-state index in [1.54, 1.807) is 12.2 Å². The average molecular weight is 256 g/mol.